The topological polar surface area (TPSA) is 33.0 Å². The van der Waals surface area contributed by atoms with Crippen molar-refractivity contribution in [1.29, 1.82) is 5.26 Å². The fraction of sp³-hybridized carbons (Fsp3) is 0.300. The van der Waals surface area contributed by atoms with Crippen molar-refractivity contribution >= 4 is 11.6 Å². The van der Waals surface area contributed by atoms with Crippen LogP contribution in [0.5, 0.6) is 5.75 Å². The standard InChI is InChI=1S/C10H9ClFNO/c1-6-7(3-4-13)10(14-2)8(11)5-9(6)12/h5H,3H2,1-2H3. The molecule has 0 aliphatic rings. The lowest BCUT2D eigenvalue weighted by molar-refractivity contribution is 0.409. The summed E-state index contributed by atoms with van der Waals surface area (Å²) >= 11 is 5.77. The molecule has 0 spiro atoms. The molecule has 0 aromatic heterocycles. The normalized spacial score (nSPS) is 9.64. The largest absolute Gasteiger partial charge is 0.495 e. The Morgan fingerprint density at radius 2 is 2.29 bits per heavy atom. The van der Waals surface area contributed by atoms with Gasteiger partial charge in [0.15, 0.2) is 0 Å². The molecule has 0 radical (unpaired) electrons. The molecular weight excluding hydrogens is 205 g/mol. The Morgan fingerprint density at radius 3 is 2.79 bits per heavy atom. The average Bonchev–Trinajstić information content (AvgIpc) is 2.14. The van der Waals surface area contributed by atoms with Gasteiger partial charge in [-0.25, -0.2) is 4.39 Å². The Kier molecular flexibility index (Phi) is 3.32. The minimum atomic E-state index is -0.416. The summed E-state index contributed by atoms with van der Waals surface area (Å²) in [6.45, 7) is 1.60. The zero-order chi connectivity index (χ0) is 10.7. The van der Waals surface area contributed by atoms with Crippen molar-refractivity contribution in [1.82, 2.24) is 0 Å². The number of ether oxygens (including phenoxy) is 1. The smallest absolute Gasteiger partial charge is 0.142 e. The predicted molar refractivity (Wildman–Crippen MR) is 52.0 cm³/mol. The van der Waals surface area contributed by atoms with Crippen LogP contribution >= 0.6 is 11.6 Å². The van der Waals surface area contributed by atoms with Gasteiger partial charge in [0.05, 0.1) is 24.6 Å². The van der Waals surface area contributed by atoms with Crippen molar-refractivity contribution in [3.8, 4) is 11.8 Å². The Morgan fingerprint density at radius 1 is 1.64 bits per heavy atom. The Balaban J connectivity index is 3.41. The molecule has 14 heavy (non-hydrogen) atoms. The van der Waals surface area contributed by atoms with Gasteiger partial charge in [-0.1, -0.05) is 11.6 Å². The van der Waals surface area contributed by atoms with Crippen LogP contribution < -0.4 is 4.74 Å². The highest BCUT2D eigenvalue weighted by atomic mass is 35.5. The number of hydrogen-bond donors (Lipinski definition) is 0. The second-order valence-electron chi connectivity index (χ2n) is 2.81. The second-order valence-corrected chi connectivity index (χ2v) is 3.22. The quantitative estimate of drug-likeness (QED) is 0.757. The van der Waals surface area contributed by atoms with Gasteiger partial charge in [0, 0.05) is 5.56 Å². The molecule has 0 saturated carbocycles. The van der Waals surface area contributed by atoms with Crippen molar-refractivity contribution in [3.05, 3.63) is 28.0 Å². The maximum Gasteiger partial charge on any atom is 0.142 e. The number of rotatable bonds is 2. The molecule has 1 rings (SSSR count). The van der Waals surface area contributed by atoms with Gasteiger partial charge in [0.25, 0.3) is 0 Å². The molecule has 2 nitrogen and oxygen atoms in total. The molecule has 74 valence electrons. The van der Waals surface area contributed by atoms with Crippen LogP contribution in [0.3, 0.4) is 0 Å². The van der Waals surface area contributed by atoms with Crippen LogP contribution in [-0.4, -0.2) is 7.11 Å². The number of benzene rings is 1. The summed E-state index contributed by atoms with van der Waals surface area (Å²) in [6.07, 6.45) is 0.0898. The molecule has 1 aromatic rings. The van der Waals surface area contributed by atoms with Crippen LogP contribution in [0.2, 0.25) is 5.02 Å². The summed E-state index contributed by atoms with van der Waals surface area (Å²) in [5.41, 5.74) is 0.924. The number of nitriles is 1. The van der Waals surface area contributed by atoms with E-state index in [1.165, 1.54) is 13.2 Å². The third-order valence-electron chi connectivity index (χ3n) is 2.02. The third kappa shape index (κ3) is 1.80. The van der Waals surface area contributed by atoms with E-state index in [1.807, 2.05) is 6.07 Å². The Labute approximate surface area is 86.9 Å². The first-order valence-corrected chi connectivity index (χ1v) is 4.38. The lowest BCUT2D eigenvalue weighted by atomic mass is 10.0. The van der Waals surface area contributed by atoms with Crippen molar-refractivity contribution in [2.45, 2.75) is 13.3 Å². The first-order chi connectivity index (χ1) is 6.61. The van der Waals surface area contributed by atoms with E-state index in [0.29, 0.717) is 16.9 Å². The van der Waals surface area contributed by atoms with E-state index in [-0.39, 0.29) is 11.4 Å². The van der Waals surface area contributed by atoms with Crippen LogP contribution in [-0.2, 0) is 6.42 Å². The highest BCUT2D eigenvalue weighted by Crippen LogP contribution is 2.32. The Hall–Kier alpha value is -1.27. The first kappa shape index (κ1) is 10.8. The van der Waals surface area contributed by atoms with Crippen LogP contribution in [0.4, 0.5) is 4.39 Å². The van der Waals surface area contributed by atoms with Crippen LogP contribution in [0.25, 0.3) is 0 Å². The van der Waals surface area contributed by atoms with Gasteiger partial charge < -0.3 is 4.74 Å². The highest BCUT2D eigenvalue weighted by molar-refractivity contribution is 6.32. The Bertz CT molecular complexity index is 398. The van der Waals surface area contributed by atoms with E-state index in [4.69, 9.17) is 21.6 Å². The maximum absolute atomic E-state index is 13.2. The van der Waals surface area contributed by atoms with E-state index in [0.717, 1.165) is 0 Å². The summed E-state index contributed by atoms with van der Waals surface area (Å²) in [4.78, 5) is 0. The zero-order valence-corrected chi connectivity index (χ0v) is 8.65. The van der Waals surface area contributed by atoms with Crippen molar-refractivity contribution in [2.75, 3.05) is 7.11 Å². The third-order valence-corrected chi connectivity index (χ3v) is 2.30. The van der Waals surface area contributed by atoms with Crippen molar-refractivity contribution < 1.29 is 9.13 Å². The SMILES string of the molecule is COc1c(Cl)cc(F)c(C)c1CC#N. The van der Waals surface area contributed by atoms with Gasteiger partial charge >= 0.3 is 0 Å². The number of halogens is 2. The van der Waals surface area contributed by atoms with Gasteiger partial charge in [0.2, 0.25) is 0 Å². The average molecular weight is 214 g/mol. The summed E-state index contributed by atoms with van der Waals surface area (Å²) < 4.78 is 18.2. The molecule has 0 amide bonds. The van der Waals surface area contributed by atoms with Crippen LogP contribution in [0.15, 0.2) is 6.07 Å². The van der Waals surface area contributed by atoms with E-state index in [9.17, 15) is 4.39 Å². The summed E-state index contributed by atoms with van der Waals surface area (Å²) in [5, 5.41) is 8.77. The second kappa shape index (κ2) is 4.30. The lowest BCUT2D eigenvalue weighted by Gasteiger charge is -2.11. The molecule has 0 heterocycles. The molecule has 0 fully saturated rings. The number of hydrogen-bond acceptors (Lipinski definition) is 2. The predicted octanol–water partition coefficient (Wildman–Crippen LogP) is 2.86. The highest BCUT2D eigenvalue weighted by Gasteiger charge is 2.14. The van der Waals surface area contributed by atoms with Gasteiger partial charge in [-0.2, -0.15) is 5.26 Å². The van der Waals surface area contributed by atoms with Gasteiger partial charge in [-0.15, -0.1) is 0 Å². The molecule has 0 N–H and O–H groups in total. The number of nitrogens with zero attached hydrogens (tertiary/aromatic N) is 1. The van der Waals surface area contributed by atoms with Gasteiger partial charge in [0.1, 0.15) is 11.6 Å². The molecule has 0 atom stereocenters. The van der Waals surface area contributed by atoms with Crippen molar-refractivity contribution in [3.63, 3.8) is 0 Å². The molecule has 1 aromatic carbocycles. The molecular formula is C10H9ClFNO. The summed E-state index contributed by atoms with van der Waals surface area (Å²) in [7, 11) is 1.44. The minimum absolute atomic E-state index is 0.0898. The monoisotopic (exact) mass is 213 g/mol. The molecule has 0 bridgehead atoms. The van der Waals surface area contributed by atoms with Gasteiger partial charge in [-0.05, 0) is 18.6 Å². The molecule has 0 saturated heterocycles. The lowest BCUT2D eigenvalue weighted by Crippen LogP contribution is -1.98. The number of methoxy groups -OCH3 is 1. The van der Waals surface area contributed by atoms with Crippen LogP contribution in [0.1, 0.15) is 11.1 Å². The summed E-state index contributed by atoms with van der Waals surface area (Å²) in [5.74, 6) is -0.0341. The summed E-state index contributed by atoms with van der Waals surface area (Å²) in [6, 6.07) is 3.14. The van der Waals surface area contributed by atoms with E-state index in [2.05, 4.69) is 0 Å². The first-order valence-electron chi connectivity index (χ1n) is 4.00. The fourth-order valence-corrected chi connectivity index (χ4v) is 1.54. The molecule has 0 aliphatic carbocycles. The van der Waals surface area contributed by atoms with E-state index >= 15 is 0 Å². The van der Waals surface area contributed by atoms with Crippen molar-refractivity contribution in [2.24, 2.45) is 0 Å². The van der Waals surface area contributed by atoms with E-state index < -0.39 is 5.82 Å². The minimum Gasteiger partial charge on any atom is -0.495 e. The molecule has 0 aliphatic heterocycles. The maximum atomic E-state index is 13.2. The zero-order valence-electron chi connectivity index (χ0n) is 7.90. The fourth-order valence-electron chi connectivity index (χ4n) is 1.26. The van der Waals surface area contributed by atoms with E-state index in [1.54, 1.807) is 6.92 Å². The van der Waals surface area contributed by atoms with Crippen LogP contribution in [0, 0.1) is 24.1 Å². The molecule has 0 unspecified atom stereocenters. The molecule has 4 heteroatoms. The van der Waals surface area contributed by atoms with Gasteiger partial charge in [-0.3, -0.25) is 0 Å².